The molecule has 4 nitrogen and oxygen atoms in total. The first kappa shape index (κ1) is 17.0. The van der Waals surface area contributed by atoms with Crippen LogP contribution in [0, 0.1) is 5.41 Å². The fourth-order valence-electron chi connectivity index (χ4n) is 3.42. The molecule has 1 saturated carbocycles. The molecule has 1 aliphatic carbocycles. The Bertz CT molecular complexity index is 290. The summed E-state index contributed by atoms with van der Waals surface area (Å²) in [4.78, 5) is 6.83. The van der Waals surface area contributed by atoms with Crippen LogP contribution in [-0.2, 0) is 4.74 Å². The average Bonchev–Trinajstić information content (AvgIpc) is 2.79. The summed E-state index contributed by atoms with van der Waals surface area (Å²) in [6, 6.07) is 0. The maximum atomic E-state index is 5.07. The first-order chi connectivity index (χ1) is 8.79. The van der Waals surface area contributed by atoms with Gasteiger partial charge < -0.3 is 15.0 Å². The van der Waals surface area contributed by atoms with Gasteiger partial charge in [-0.25, -0.2) is 0 Å². The van der Waals surface area contributed by atoms with Crippen LogP contribution >= 0.6 is 24.0 Å². The molecule has 1 N–H and O–H groups in total. The number of halogens is 1. The van der Waals surface area contributed by atoms with E-state index in [-0.39, 0.29) is 24.0 Å². The van der Waals surface area contributed by atoms with Crippen LogP contribution in [0.5, 0.6) is 0 Å². The summed E-state index contributed by atoms with van der Waals surface area (Å²) in [6.45, 7) is 3.93. The summed E-state index contributed by atoms with van der Waals surface area (Å²) in [5.41, 5.74) is 0.594. The Hall–Kier alpha value is -0.0400. The number of hydrogen-bond acceptors (Lipinski definition) is 2. The van der Waals surface area contributed by atoms with Crippen LogP contribution in [0.3, 0.4) is 0 Å². The molecule has 0 unspecified atom stereocenters. The zero-order chi connectivity index (χ0) is 12.8. The fourth-order valence-corrected chi connectivity index (χ4v) is 3.42. The Morgan fingerprint density at radius 3 is 2.63 bits per heavy atom. The van der Waals surface area contributed by atoms with Gasteiger partial charge in [0.1, 0.15) is 0 Å². The summed E-state index contributed by atoms with van der Waals surface area (Å²) >= 11 is 0. The molecule has 2 rings (SSSR count). The smallest absolute Gasteiger partial charge is 0.193 e. The Kier molecular flexibility index (Phi) is 7.42. The highest BCUT2D eigenvalue weighted by atomic mass is 127. The zero-order valence-electron chi connectivity index (χ0n) is 12.3. The SMILES string of the molecule is CN=C(NCCOC)N1CCC2(CCCCC2)C1.I. The standard InChI is InChI=1S/C14H27N3O.HI/c1-15-13(16-9-11-18-2)17-10-8-14(12-17)6-4-3-5-7-14;/h3-12H2,1-2H3,(H,15,16);1H. The van der Waals surface area contributed by atoms with Gasteiger partial charge in [-0.1, -0.05) is 19.3 Å². The molecule has 1 spiro atoms. The van der Waals surface area contributed by atoms with E-state index in [4.69, 9.17) is 4.74 Å². The number of rotatable bonds is 3. The first-order valence-electron chi connectivity index (χ1n) is 7.24. The van der Waals surface area contributed by atoms with Crippen LogP contribution in [0.25, 0.3) is 0 Å². The normalized spacial score (nSPS) is 22.4. The van der Waals surface area contributed by atoms with Crippen LogP contribution < -0.4 is 5.32 Å². The highest BCUT2D eigenvalue weighted by molar-refractivity contribution is 14.0. The second kappa shape index (κ2) is 8.29. The molecule has 0 atom stereocenters. The molecule has 5 heteroatoms. The summed E-state index contributed by atoms with van der Waals surface area (Å²) in [5.74, 6) is 1.05. The fraction of sp³-hybridized carbons (Fsp3) is 0.929. The molecule has 0 aromatic carbocycles. The van der Waals surface area contributed by atoms with Crippen molar-refractivity contribution in [3.05, 3.63) is 0 Å². The van der Waals surface area contributed by atoms with Gasteiger partial charge in [0, 0.05) is 33.8 Å². The minimum atomic E-state index is 0. The maximum absolute atomic E-state index is 5.07. The van der Waals surface area contributed by atoms with Crippen molar-refractivity contribution < 1.29 is 4.74 Å². The molecule has 2 fully saturated rings. The van der Waals surface area contributed by atoms with Crippen LogP contribution in [-0.4, -0.2) is 51.3 Å². The van der Waals surface area contributed by atoms with Crippen molar-refractivity contribution in [2.24, 2.45) is 10.4 Å². The lowest BCUT2D eigenvalue weighted by molar-refractivity contribution is 0.198. The minimum absolute atomic E-state index is 0. The van der Waals surface area contributed by atoms with Crippen molar-refractivity contribution in [2.75, 3.05) is 40.4 Å². The molecule has 1 heterocycles. The van der Waals surface area contributed by atoms with E-state index in [0.29, 0.717) is 5.41 Å². The molecular weight excluding hydrogens is 353 g/mol. The van der Waals surface area contributed by atoms with Gasteiger partial charge in [0.25, 0.3) is 0 Å². The molecule has 0 radical (unpaired) electrons. The Labute approximate surface area is 134 Å². The maximum Gasteiger partial charge on any atom is 0.193 e. The molecule has 1 aliphatic heterocycles. The van der Waals surface area contributed by atoms with Crippen LogP contribution in [0.15, 0.2) is 4.99 Å². The van der Waals surface area contributed by atoms with Crippen molar-refractivity contribution in [1.29, 1.82) is 0 Å². The van der Waals surface area contributed by atoms with E-state index >= 15 is 0 Å². The lowest BCUT2D eigenvalue weighted by Crippen LogP contribution is -2.42. The van der Waals surface area contributed by atoms with Gasteiger partial charge in [0.05, 0.1) is 6.61 Å². The van der Waals surface area contributed by atoms with Crippen molar-refractivity contribution in [1.82, 2.24) is 10.2 Å². The van der Waals surface area contributed by atoms with Gasteiger partial charge in [-0.2, -0.15) is 0 Å². The third kappa shape index (κ3) is 4.48. The molecule has 0 bridgehead atoms. The van der Waals surface area contributed by atoms with Crippen molar-refractivity contribution in [3.8, 4) is 0 Å². The van der Waals surface area contributed by atoms with E-state index in [1.165, 1.54) is 45.1 Å². The summed E-state index contributed by atoms with van der Waals surface area (Å²) in [5, 5.41) is 3.39. The molecule has 1 saturated heterocycles. The number of aliphatic imine (C=N–C) groups is 1. The van der Waals surface area contributed by atoms with E-state index in [2.05, 4.69) is 15.2 Å². The number of nitrogens with one attached hydrogen (secondary N) is 1. The Balaban J connectivity index is 0.00000180. The number of hydrogen-bond donors (Lipinski definition) is 1. The van der Waals surface area contributed by atoms with E-state index in [9.17, 15) is 0 Å². The molecule has 0 aromatic heterocycles. The Morgan fingerprint density at radius 1 is 1.26 bits per heavy atom. The van der Waals surface area contributed by atoms with Gasteiger partial charge in [-0.15, -0.1) is 24.0 Å². The Morgan fingerprint density at radius 2 is 2.00 bits per heavy atom. The largest absolute Gasteiger partial charge is 0.383 e. The molecule has 0 amide bonds. The van der Waals surface area contributed by atoms with E-state index in [1.54, 1.807) is 7.11 Å². The topological polar surface area (TPSA) is 36.9 Å². The third-order valence-electron chi connectivity index (χ3n) is 4.45. The van der Waals surface area contributed by atoms with E-state index in [1.807, 2.05) is 7.05 Å². The first-order valence-corrected chi connectivity index (χ1v) is 7.24. The number of guanidine groups is 1. The van der Waals surface area contributed by atoms with Gasteiger partial charge in [-0.05, 0) is 24.7 Å². The lowest BCUT2D eigenvalue weighted by atomic mass is 9.73. The highest BCUT2D eigenvalue weighted by Crippen LogP contribution is 2.43. The minimum Gasteiger partial charge on any atom is -0.383 e. The lowest BCUT2D eigenvalue weighted by Gasteiger charge is -2.33. The quantitative estimate of drug-likeness (QED) is 0.353. The number of ether oxygens (including phenoxy) is 1. The van der Waals surface area contributed by atoms with E-state index < -0.39 is 0 Å². The number of nitrogens with zero attached hydrogens (tertiary/aromatic N) is 2. The third-order valence-corrected chi connectivity index (χ3v) is 4.45. The number of methoxy groups -OCH3 is 1. The number of likely N-dealkylation sites (tertiary alicyclic amines) is 1. The average molecular weight is 381 g/mol. The summed E-state index contributed by atoms with van der Waals surface area (Å²) in [7, 11) is 3.61. The van der Waals surface area contributed by atoms with Gasteiger partial charge in [0.15, 0.2) is 5.96 Å². The summed E-state index contributed by atoms with van der Waals surface area (Å²) in [6.07, 6.45) is 8.45. The van der Waals surface area contributed by atoms with Crippen molar-refractivity contribution >= 4 is 29.9 Å². The van der Waals surface area contributed by atoms with Crippen LogP contribution in [0.1, 0.15) is 38.5 Å². The molecule has 19 heavy (non-hydrogen) atoms. The molecule has 0 aromatic rings. The van der Waals surface area contributed by atoms with Gasteiger partial charge >= 0.3 is 0 Å². The van der Waals surface area contributed by atoms with Crippen molar-refractivity contribution in [3.63, 3.8) is 0 Å². The monoisotopic (exact) mass is 381 g/mol. The molecular formula is C14H28IN3O. The van der Waals surface area contributed by atoms with Crippen molar-refractivity contribution in [2.45, 2.75) is 38.5 Å². The second-order valence-corrected chi connectivity index (χ2v) is 5.70. The van der Waals surface area contributed by atoms with E-state index in [0.717, 1.165) is 25.7 Å². The van der Waals surface area contributed by atoms with Crippen LogP contribution in [0.2, 0.25) is 0 Å². The molecule has 2 aliphatic rings. The molecule has 112 valence electrons. The predicted octanol–water partition coefficient (Wildman–Crippen LogP) is 2.48. The second-order valence-electron chi connectivity index (χ2n) is 5.70. The predicted molar refractivity (Wildman–Crippen MR) is 90.4 cm³/mol. The highest BCUT2D eigenvalue weighted by Gasteiger charge is 2.39. The van der Waals surface area contributed by atoms with Gasteiger partial charge in [0.2, 0.25) is 0 Å². The summed E-state index contributed by atoms with van der Waals surface area (Å²) < 4.78 is 5.07. The van der Waals surface area contributed by atoms with Gasteiger partial charge in [-0.3, -0.25) is 4.99 Å². The zero-order valence-corrected chi connectivity index (χ0v) is 14.6. The van der Waals surface area contributed by atoms with Crippen LogP contribution in [0.4, 0.5) is 0 Å².